The van der Waals surface area contributed by atoms with Crippen molar-refractivity contribution in [1.29, 1.82) is 5.26 Å². The van der Waals surface area contributed by atoms with Crippen LogP contribution in [0.4, 0.5) is 0 Å². The average molecular weight is 331 g/mol. The molecule has 0 bridgehead atoms. The van der Waals surface area contributed by atoms with Crippen LogP contribution >= 0.6 is 0 Å². The van der Waals surface area contributed by atoms with E-state index in [1.165, 1.54) is 6.08 Å². The molecule has 2 N–H and O–H groups in total. The Labute approximate surface area is 140 Å². The molecule has 0 radical (unpaired) electrons. The second-order valence-electron chi connectivity index (χ2n) is 5.78. The molecule has 1 amide bonds. The number of carbonyl (C=O) groups is 2. The van der Waals surface area contributed by atoms with E-state index in [-0.39, 0.29) is 11.7 Å². The van der Waals surface area contributed by atoms with Crippen molar-refractivity contribution in [2.75, 3.05) is 13.2 Å². The van der Waals surface area contributed by atoms with Crippen molar-refractivity contribution in [2.45, 2.75) is 39.3 Å². The van der Waals surface area contributed by atoms with Crippen LogP contribution in [0.1, 0.15) is 29.8 Å². The van der Waals surface area contributed by atoms with Crippen molar-refractivity contribution >= 4 is 18.0 Å². The minimum Gasteiger partial charge on any atom is -0.451 e. The minimum atomic E-state index is -0.861. The molecule has 0 unspecified atom stereocenters. The molecule has 0 spiro atoms. The summed E-state index contributed by atoms with van der Waals surface area (Å²) >= 11 is 0. The third-order valence-electron chi connectivity index (χ3n) is 4.01. The van der Waals surface area contributed by atoms with E-state index in [0.29, 0.717) is 0 Å². The number of nitrogens with two attached hydrogens (primary N) is 1. The summed E-state index contributed by atoms with van der Waals surface area (Å²) in [5.41, 5.74) is 7.48. The van der Waals surface area contributed by atoms with Gasteiger partial charge in [0.2, 0.25) is 0 Å². The van der Waals surface area contributed by atoms with E-state index in [2.05, 4.69) is 9.30 Å². The predicted octanol–water partition coefficient (Wildman–Crippen LogP) is 1.22. The third-order valence-corrected chi connectivity index (χ3v) is 4.01. The molecule has 2 rings (SSSR count). The standard InChI is InChI=1S/C17H21N3O4/c1-11-6-13(7-14(8-18)17(22)24-10-16(19)21)12(2)20(11)9-15-4-3-5-23-15/h6-7,15H,3-5,9-10H2,1-2H3,(H2,19,21)/b14-7+/t15-/m1/s1. The number of aromatic nitrogens is 1. The van der Waals surface area contributed by atoms with E-state index < -0.39 is 18.5 Å². The molecule has 1 aliphatic rings. The topological polar surface area (TPSA) is 107 Å². The number of hydrogen-bond acceptors (Lipinski definition) is 5. The fraction of sp³-hybridized carbons (Fsp3) is 0.471. The second kappa shape index (κ2) is 7.79. The smallest absolute Gasteiger partial charge is 0.349 e. The molecule has 2 heterocycles. The Morgan fingerprint density at radius 3 is 2.88 bits per heavy atom. The van der Waals surface area contributed by atoms with Crippen LogP contribution in [0.25, 0.3) is 6.08 Å². The fourth-order valence-corrected chi connectivity index (χ4v) is 2.75. The van der Waals surface area contributed by atoms with Gasteiger partial charge in [0.05, 0.1) is 6.10 Å². The van der Waals surface area contributed by atoms with Crippen molar-refractivity contribution in [3.05, 3.63) is 28.6 Å². The zero-order chi connectivity index (χ0) is 17.7. The van der Waals surface area contributed by atoms with Crippen LogP contribution in [0.15, 0.2) is 11.6 Å². The Kier molecular flexibility index (Phi) is 5.77. The first-order chi connectivity index (χ1) is 11.4. The maximum absolute atomic E-state index is 11.8. The van der Waals surface area contributed by atoms with E-state index in [0.717, 1.165) is 42.9 Å². The van der Waals surface area contributed by atoms with Gasteiger partial charge in [-0.2, -0.15) is 5.26 Å². The number of carbonyl (C=O) groups excluding carboxylic acids is 2. The highest BCUT2D eigenvalue weighted by Crippen LogP contribution is 2.22. The van der Waals surface area contributed by atoms with Crippen LogP contribution in [-0.4, -0.2) is 35.8 Å². The highest BCUT2D eigenvalue weighted by Gasteiger charge is 2.19. The number of amides is 1. The number of primary amides is 1. The Hall–Kier alpha value is -2.59. The number of nitrogens with zero attached hydrogens (tertiary/aromatic N) is 2. The molecular weight excluding hydrogens is 310 g/mol. The van der Waals surface area contributed by atoms with Crippen LogP contribution < -0.4 is 5.73 Å². The molecule has 7 nitrogen and oxygen atoms in total. The molecule has 1 saturated heterocycles. The van der Waals surface area contributed by atoms with Gasteiger partial charge in [-0.25, -0.2) is 4.79 Å². The molecule has 128 valence electrons. The van der Waals surface area contributed by atoms with Gasteiger partial charge in [-0.3, -0.25) is 4.79 Å². The van der Waals surface area contributed by atoms with Gasteiger partial charge >= 0.3 is 5.97 Å². The summed E-state index contributed by atoms with van der Waals surface area (Å²) < 4.78 is 12.5. The summed E-state index contributed by atoms with van der Waals surface area (Å²) in [5, 5.41) is 9.16. The van der Waals surface area contributed by atoms with Gasteiger partial charge in [0, 0.05) is 24.5 Å². The first kappa shape index (κ1) is 17.8. The number of ether oxygens (including phenoxy) is 2. The zero-order valence-corrected chi connectivity index (χ0v) is 13.9. The molecule has 1 aromatic rings. The van der Waals surface area contributed by atoms with E-state index in [1.807, 2.05) is 19.9 Å². The van der Waals surface area contributed by atoms with Gasteiger partial charge < -0.3 is 19.8 Å². The monoisotopic (exact) mass is 331 g/mol. The fourth-order valence-electron chi connectivity index (χ4n) is 2.75. The van der Waals surface area contributed by atoms with E-state index in [4.69, 9.17) is 15.7 Å². The van der Waals surface area contributed by atoms with Crippen LogP contribution in [0.5, 0.6) is 0 Å². The Morgan fingerprint density at radius 1 is 1.54 bits per heavy atom. The lowest BCUT2D eigenvalue weighted by Gasteiger charge is -2.14. The van der Waals surface area contributed by atoms with Crippen LogP contribution in [-0.2, 0) is 25.6 Å². The summed E-state index contributed by atoms with van der Waals surface area (Å²) in [7, 11) is 0. The third kappa shape index (κ3) is 4.24. The number of hydrogen-bond donors (Lipinski definition) is 1. The van der Waals surface area contributed by atoms with Crippen molar-refractivity contribution < 1.29 is 19.1 Å². The van der Waals surface area contributed by atoms with Gasteiger partial charge in [-0.1, -0.05) is 0 Å². The molecular formula is C17H21N3O4. The van der Waals surface area contributed by atoms with Crippen molar-refractivity contribution in [1.82, 2.24) is 4.57 Å². The first-order valence-electron chi connectivity index (χ1n) is 7.78. The lowest BCUT2D eigenvalue weighted by atomic mass is 10.1. The first-order valence-corrected chi connectivity index (χ1v) is 7.78. The van der Waals surface area contributed by atoms with E-state index in [9.17, 15) is 9.59 Å². The summed E-state index contributed by atoms with van der Waals surface area (Å²) in [5.74, 6) is -1.63. The maximum atomic E-state index is 11.8. The van der Waals surface area contributed by atoms with E-state index >= 15 is 0 Å². The zero-order valence-electron chi connectivity index (χ0n) is 13.9. The van der Waals surface area contributed by atoms with Crippen molar-refractivity contribution in [2.24, 2.45) is 5.73 Å². The number of aryl methyl sites for hydroxylation is 1. The second-order valence-corrected chi connectivity index (χ2v) is 5.78. The Morgan fingerprint density at radius 2 is 2.29 bits per heavy atom. The van der Waals surface area contributed by atoms with E-state index in [1.54, 1.807) is 6.07 Å². The SMILES string of the molecule is Cc1cc(/C=C(\C#N)C(=O)OCC(N)=O)c(C)n1C[C@H]1CCCO1. The van der Waals surface area contributed by atoms with Gasteiger partial charge in [0.15, 0.2) is 6.61 Å². The summed E-state index contributed by atoms with van der Waals surface area (Å²) in [6, 6.07) is 3.71. The molecule has 1 fully saturated rings. The Bertz CT molecular complexity index is 706. The number of nitriles is 1. The predicted molar refractivity (Wildman–Crippen MR) is 86.6 cm³/mol. The van der Waals surface area contributed by atoms with Crippen molar-refractivity contribution in [3.63, 3.8) is 0 Å². The van der Waals surface area contributed by atoms with Gasteiger partial charge in [0.25, 0.3) is 5.91 Å². The van der Waals surface area contributed by atoms with Gasteiger partial charge in [0.1, 0.15) is 11.6 Å². The maximum Gasteiger partial charge on any atom is 0.349 e. The van der Waals surface area contributed by atoms with Crippen LogP contribution in [0, 0.1) is 25.2 Å². The van der Waals surface area contributed by atoms with Gasteiger partial charge in [-0.15, -0.1) is 0 Å². The Balaban J connectivity index is 2.19. The molecule has 24 heavy (non-hydrogen) atoms. The summed E-state index contributed by atoms with van der Waals surface area (Å²) in [6.45, 7) is 4.89. The van der Waals surface area contributed by atoms with Crippen molar-refractivity contribution in [3.8, 4) is 6.07 Å². The summed E-state index contributed by atoms with van der Waals surface area (Å²) in [6.07, 6.45) is 3.77. The number of esters is 1. The number of rotatable bonds is 6. The molecule has 0 aliphatic carbocycles. The minimum absolute atomic E-state index is 0.173. The lowest BCUT2D eigenvalue weighted by molar-refractivity contribution is -0.143. The summed E-state index contributed by atoms with van der Waals surface area (Å²) in [4.78, 5) is 22.5. The quantitative estimate of drug-likeness (QED) is 0.479. The van der Waals surface area contributed by atoms with Gasteiger partial charge in [-0.05, 0) is 44.4 Å². The highest BCUT2D eigenvalue weighted by molar-refractivity contribution is 5.98. The largest absolute Gasteiger partial charge is 0.451 e. The molecule has 1 aromatic heterocycles. The average Bonchev–Trinajstić information content (AvgIpc) is 3.14. The molecule has 7 heteroatoms. The molecule has 0 aromatic carbocycles. The molecule has 0 saturated carbocycles. The molecule has 1 atom stereocenters. The van der Waals surface area contributed by atoms with Crippen LogP contribution in [0.2, 0.25) is 0 Å². The molecule has 1 aliphatic heterocycles. The van der Waals surface area contributed by atoms with Crippen LogP contribution in [0.3, 0.4) is 0 Å². The highest BCUT2D eigenvalue weighted by atomic mass is 16.5. The normalized spacial score (nSPS) is 17.5. The lowest BCUT2D eigenvalue weighted by Crippen LogP contribution is -2.21.